The summed E-state index contributed by atoms with van der Waals surface area (Å²) in [4.78, 5) is 43.5. The number of carboxylic acids is 1. The van der Waals surface area contributed by atoms with Crippen LogP contribution < -0.4 is 5.32 Å². The number of aliphatic carboxylic acids is 1. The number of halogens is 3. The van der Waals surface area contributed by atoms with E-state index in [-0.39, 0.29) is 11.8 Å². The third kappa shape index (κ3) is 12.3. The van der Waals surface area contributed by atoms with Crippen LogP contribution in [0.15, 0.2) is 109 Å². The molecule has 1 aromatic heterocycles. The first-order chi connectivity index (χ1) is 23.6. The van der Waals surface area contributed by atoms with Crippen LogP contribution >= 0.6 is 0 Å². The summed E-state index contributed by atoms with van der Waals surface area (Å²) in [6.07, 6.45) is 5.22. The molecule has 0 saturated carbocycles. The Kier molecular flexibility index (Phi) is 13.7. The average molecular weight is 673 g/mol. The van der Waals surface area contributed by atoms with Crippen LogP contribution in [-0.4, -0.2) is 76.6 Å². The van der Waals surface area contributed by atoms with Crippen molar-refractivity contribution in [2.24, 2.45) is 0 Å². The molecule has 4 aromatic rings. The number of nitrogens with one attached hydrogen (secondary N) is 1. The summed E-state index contributed by atoms with van der Waals surface area (Å²) < 4.78 is 31.7. The van der Waals surface area contributed by atoms with E-state index in [1.807, 2.05) is 95.9 Å². The van der Waals surface area contributed by atoms with Crippen molar-refractivity contribution in [1.82, 2.24) is 20.1 Å². The molecular weight excluding hydrogens is 633 g/mol. The van der Waals surface area contributed by atoms with E-state index in [1.54, 1.807) is 18.5 Å². The first kappa shape index (κ1) is 36.5. The van der Waals surface area contributed by atoms with Crippen molar-refractivity contribution in [2.45, 2.75) is 32.0 Å². The van der Waals surface area contributed by atoms with Gasteiger partial charge in [-0.15, -0.1) is 0 Å². The maximum absolute atomic E-state index is 13.4. The second kappa shape index (κ2) is 18.3. The number of benzene rings is 3. The largest absolute Gasteiger partial charge is 0.490 e. The van der Waals surface area contributed by atoms with Gasteiger partial charge in [0, 0.05) is 50.2 Å². The average Bonchev–Trinajstić information content (AvgIpc) is 3.63. The maximum Gasteiger partial charge on any atom is 0.490 e. The number of hydrogen-bond donors (Lipinski definition) is 2. The fourth-order valence-electron chi connectivity index (χ4n) is 5.26. The van der Waals surface area contributed by atoms with Crippen molar-refractivity contribution < 1.29 is 32.7 Å². The van der Waals surface area contributed by atoms with E-state index >= 15 is 0 Å². The van der Waals surface area contributed by atoms with E-state index in [0.717, 1.165) is 53.9 Å². The maximum atomic E-state index is 13.4. The first-order valence-corrected chi connectivity index (χ1v) is 16.0. The summed E-state index contributed by atoms with van der Waals surface area (Å²) in [6, 6.07) is 29.8. The number of pyridine rings is 1. The van der Waals surface area contributed by atoms with Gasteiger partial charge in [-0.3, -0.25) is 14.6 Å². The van der Waals surface area contributed by atoms with Crippen molar-refractivity contribution >= 4 is 23.9 Å². The van der Waals surface area contributed by atoms with Gasteiger partial charge in [0.15, 0.2) is 0 Å². The lowest BCUT2D eigenvalue weighted by Crippen LogP contribution is -2.33. The zero-order valence-corrected chi connectivity index (χ0v) is 27.0. The SMILES string of the molecule is O=C(NCCN1CCCC1)c1cccc(-c2cccc(CN(CCc3ccncc3)C(=O)C=Cc3ccccc3)c2)c1.O=C(O)C(F)(F)F. The number of likely N-dealkylation sites (tertiary alicyclic amines) is 1. The van der Waals surface area contributed by atoms with Gasteiger partial charge in [-0.25, -0.2) is 4.79 Å². The number of rotatable bonds is 12. The normalized spacial score (nSPS) is 13.0. The summed E-state index contributed by atoms with van der Waals surface area (Å²) in [6.45, 7) is 4.85. The van der Waals surface area contributed by atoms with Crippen molar-refractivity contribution in [3.8, 4) is 11.1 Å². The molecule has 8 nitrogen and oxygen atoms in total. The minimum Gasteiger partial charge on any atom is -0.475 e. The molecule has 11 heteroatoms. The first-order valence-electron chi connectivity index (χ1n) is 16.0. The van der Waals surface area contributed by atoms with Crippen molar-refractivity contribution in [1.29, 1.82) is 0 Å². The molecule has 0 spiro atoms. The number of carbonyl (C=O) groups excluding carboxylic acids is 2. The highest BCUT2D eigenvalue weighted by molar-refractivity contribution is 5.95. The smallest absolute Gasteiger partial charge is 0.475 e. The Morgan fingerprint density at radius 1 is 0.857 bits per heavy atom. The molecular formula is C38H39F3N4O4. The molecule has 5 rings (SSSR count). The zero-order valence-electron chi connectivity index (χ0n) is 27.0. The van der Waals surface area contributed by atoms with Gasteiger partial charge in [0.25, 0.3) is 5.91 Å². The number of nitrogens with zero attached hydrogens (tertiary/aromatic N) is 3. The summed E-state index contributed by atoms with van der Waals surface area (Å²) in [5, 5.41) is 10.2. The Balaban J connectivity index is 0.000000698. The second-order valence-corrected chi connectivity index (χ2v) is 11.5. The van der Waals surface area contributed by atoms with E-state index in [0.29, 0.717) is 25.2 Å². The van der Waals surface area contributed by atoms with Gasteiger partial charge in [-0.05, 0) is 96.6 Å². The summed E-state index contributed by atoms with van der Waals surface area (Å²) in [5.74, 6) is -2.84. The quantitative estimate of drug-likeness (QED) is 0.167. The number of aromatic nitrogens is 1. The van der Waals surface area contributed by atoms with Crippen LogP contribution in [0.2, 0.25) is 0 Å². The van der Waals surface area contributed by atoms with Gasteiger partial charge in [0.05, 0.1) is 0 Å². The minimum absolute atomic E-state index is 0.0362. The van der Waals surface area contributed by atoms with E-state index in [2.05, 4.69) is 21.3 Å². The van der Waals surface area contributed by atoms with Crippen molar-refractivity contribution in [3.63, 3.8) is 0 Å². The van der Waals surface area contributed by atoms with Gasteiger partial charge in [-0.2, -0.15) is 13.2 Å². The summed E-state index contributed by atoms with van der Waals surface area (Å²) in [5.41, 5.74) is 5.80. The lowest BCUT2D eigenvalue weighted by atomic mass is 10.0. The third-order valence-corrected chi connectivity index (χ3v) is 7.86. The van der Waals surface area contributed by atoms with Crippen molar-refractivity contribution in [2.75, 3.05) is 32.7 Å². The highest BCUT2D eigenvalue weighted by Gasteiger charge is 2.38. The monoisotopic (exact) mass is 672 g/mol. The van der Waals surface area contributed by atoms with Gasteiger partial charge in [-0.1, -0.05) is 60.7 Å². The van der Waals surface area contributed by atoms with Crippen LogP contribution in [0.3, 0.4) is 0 Å². The van der Waals surface area contributed by atoms with E-state index in [1.165, 1.54) is 12.8 Å². The Morgan fingerprint density at radius 2 is 1.51 bits per heavy atom. The van der Waals surface area contributed by atoms with Crippen LogP contribution in [0.4, 0.5) is 13.2 Å². The Labute approximate surface area is 283 Å². The summed E-state index contributed by atoms with van der Waals surface area (Å²) in [7, 11) is 0. The molecule has 2 amide bonds. The molecule has 256 valence electrons. The fraction of sp³-hybridized carbons (Fsp3) is 0.263. The Hall–Kier alpha value is -5.29. The van der Waals surface area contributed by atoms with Crippen molar-refractivity contribution in [3.05, 3.63) is 132 Å². The third-order valence-electron chi connectivity index (χ3n) is 7.86. The summed E-state index contributed by atoms with van der Waals surface area (Å²) >= 11 is 0. The lowest BCUT2D eigenvalue weighted by Gasteiger charge is -2.22. The number of alkyl halides is 3. The van der Waals surface area contributed by atoms with Crippen LogP contribution in [0.5, 0.6) is 0 Å². The topological polar surface area (TPSA) is 103 Å². The fourth-order valence-corrected chi connectivity index (χ4v) is 5.26. The van der Waals surface area contributed by atoms with Crippen LogP contribution in [-0.2, 0) is 22.6 Å². The molecule has 0 unspecified atom stereocenters. The molecule has 3 aromatic carbocycles. The predicted molar refractivity (Wildman–Crippen MR) is 182 cm³/mol. The highest BCUT2D eigenvalue weighted by atomic mass is 19.4. The molecule has 0 radical (unpaired) electrons. The van der Waals surface area contributed by atoms with Gasteiger partial charge < -0.3 is 20.2 Å². The van der Waals surface area contributed by atoms with Crippen LogP contribution in [0.1, 0.15) is 39.9 Å². The van der Waals surface area contributed by atoms with E-state index in [9.17, 15) is 22.8 Å². The molecule has 1 saturated heterocycles. The number of carbonyl (C=O) groups is 3. The molecule has 1 fully saturated rings. The molecule has 0 bridgehead atoms. The molecule has 1 aliphatic heterocycles. The predicted octanol–water partition coefficient (Wildman–Crippen LogP) is 6.49. The van der Waals surface area contributed by atoms with Gasteiger partial charge >= 0.3 is 12.1 Å². The number of carboxylic acid groups (broad SMARTS) is 1. The molecule has 49 heavy (non-hydrogen) atoms. The Morgan fingerprint density at radius 3 is 2.18 bits per heavy atom. The molecule has 1 aliphatic rings. The number of hydrogen-bond acceptors (Lipinski definition) is 5. The Bertz CT molecular complexity index is 1690. The van der Waals surface area contributed by atoms with Crippen LogP contribution in [0, 0.1) is 0 Å². The van der Waals surface area contributed by atoms with Crippen LogP contribution in [0.25, 0.3) is 17.2 Å². The van der Waals surface area contributed by atoms with Gasteiger partial charge in [0.1, 0.15) is 0 Å². The standard InChI is InChI=1S/C36H38N4O2.C2HF3O2/c41-35(15-14-29-8-2-1-3-9-29)40(24-18-30-16-19-37-20-17-30)28-31-10-6-11-32(26-31)33-12-7-13-34(27-33)36(42)38-21-25-39-22-4-5-23-39;3-2(4,5)1(6)7/h1-3,6-17,19-20,26-27H,4-5,18,21-25,28H2,(H,38,42);(H,6,7). The molecule has 0 aliphatic carbocycles. The molecule has 2 heterocycles. The van der Waals surface area contributed by atoms with E-state index in [4.69, 9.17) is 9.90 Å². The highest BCUT2D eigenvalue weighted by Crippen LogP contribution is 2.23. The second-order valence-electron chi connectivity index (χ2n) is 11.5. The minimum atomic E-state index is -5.08. The lowest BCUT2D eigenvalue weighted by molar-refractivity contribution is -0.192. The molecule has 0 atom stereocenters. The molecule has 2 N–H and O–H groups in total. The zero-order chi connectivity index (χ0) is 35.1. The van der Waals surface area contributed by atoms with Gasteiger partial charge in [0.2, 0.25) is 5.91 Å². The van der Waals surface area contributed by atoms with E-state index < -0.39 is 12.1 Å². The number of amides is 2.